The molecule has 5 heteroatoms. The second-order valence-corrected chi connectivity index (χ2v) is 6.43. The van der Waals surface area contributed by atoms with Crippen LogP contribution in [0.15, 0.2) is 0 Å². The van der Waals surface area contributed by atoms with Crippen LogP contribution < -0.4 is 0 Å². The third-order valence-corrected chi connectivity index (χ3v) is 4.29. The summed E-state index contributed by atoms with van der Waals surface area (Å²) in [6.45, 7) is 7.24. The van der Waals surface area contributed by atoms with Crippen LogP contribution in [0.3, 0.4) is 0 Å². The first kappa shape index (κ1) is 14.0. The smallest absolute Gasteiger partial charge is 0.153 e. The van der Waals surface area contributed by atoms with Crippen molar-refractivity contribution in [1.29, 1.82) is 0 Å². The average molecular weight is 278 g/mol. The molecule has 1 unspecified atom stereocenters. The molecule has 1 N–H and O–H groups in total. The number of aromatic nitrogens is 3. The van der Waals surface area contributed by atoms with Crippen molar-refractivity contribution in [3.63, 3.8) is 0 Å². The number of hydrogen-bond acceptors (Lipinski definition) is 4. The van der Waals surface area contributed by atoms with E-state index >= 15 is 0 Å². The third kappa shape index (κ3) is 3.58. The molecule has 2 heterocycles. The van der Waals surface area contributed by atoms with Crippen LogP contribution in [0.2, 0.25) is 0 Å². The lowest BCUT2D eigenvalue weighted by atomic mass is 10.1. The molecule has 1 aliphatic heterocycles. The first-order chi connectivity index (χ1) is 9.72. The van der Waals surface area contributed by atoms with Gasteiger partial charge in [0, 0.05) is 25.1 Å². The van der Waals surface area contributed by atoms with Crippen LogP contribution in [-0.2, 0) is 11.3 Å². The van der Waals surface area contributed by atoms with Crippen LogP contribution in [0.5, 0.6) is 0 Å². The second kappa shape index (κ2) is 6.22. The minimum Gasteiger partial charge on any atom is -0.377 e. The molecular weight excluding hydrogens is 252 g/mol. The highest BCUT2D eigenvalue weighted by Gasteiger charge is 2.28. The van der Waals surface area contributed by atoms with Gasteiger partial charge in [-0.1, -0.05) is 0 Å². The first-order valence-electron chi connectivity index (χ1n) is 7.99. The molecule has 1 saturated heterocycles. The number of nitrogens with one attached hydrogen (secondary N) is 1. The van der Waals surface area contributed by atoms with Crippen molar-refractivity contribution in [1.82, 2.24) is 20.1 Å². The molecule has 0 bridgehead atoms. The molecule has 3 rings (SSSR count). The van der Waals surface area contributed by atoms with Crippen molar-refractivity contribution in [2.75, 3.05) is 13.2 Å². The van der Waals surface area contributed by atoms with E-state index in [0.29, 0.717) is 18.1 Å². The number of H-pyrrole nitrogens is 1. The Morgan fingerprint density at radius 1 is 1.30 bits per heavy atom. The fourth-order valence-electron chi connectivity index (χ4n) is 2.77. The van der Waals surface area contributed by atoms with E-state index in [4.69, 9.17) is 4.74 Å². The van der Waals surface area contributed by atoms with Gasteiger partial charge in [-0.05, 0) is 46.0 Å². The molecule has 1 aromatic heterocycles. The average Bonchev–Trinajstić information content (AvgIpc) is 3.19. The lowest BCUT2D eigenvalue weighted by molar-refractivity contribution is -0.0134. The van der Waals surface area contributed by atoms with Gasteiger partial charge in [0.1, 0.15) is 5.82 Å². The van der Waals surface area contributed by atoms with Gasteiger partial charge in [-0.2, -0.15) is 5.10 Å². The minimum absolute atomic E-state index is 0.386. The number of aromatic amines is 1. The Bertz CT molecular complexity index is 421. The van der Waals surface area contributed by atoms with Gasteiger partial charge in [0.25, 0.3) is 0 Å². The van der Waals surface area contributed by atoms with Gasteiger partial charge in [-0.15, -0.1) is 0 Å². The van der Waals surface area contributed by atoms with Gasteiger partial charge in [0.15, 0.2) is 5.82 Å². The van der Waals surface area contributed by atoms with Crippen LogP contribution >= 0.6 is 0 Å². The Morgan fingerprint density at radius 2 is 2.15 bits per heavy atom. The zero-order chi connectivity index (χ0) is 13.9. The number of ether oxygens (including phenoxy) is 1. The van der Waals surface area contributed by atoms with Crippen molar-refractivity contribution in [2.24, 2.45) is 0 Å². The molecule has 1 aromatic rings. The van der Waals surface area contributed by atoms with Crippen LogP contribution in [0, 0.1) is 0 Å². The van der Waals surface area contributed by atoms with Crippen LogP contribution in [0.25, 0.3) is 0 Å². The highest BCUT2D eigenvalue weighted by molar-refractivity contribution is 5.05. The molecule has 0 amide bonds. The zero-order valence-electron chi connectivity index (χ0n) is 12.6. The Kier molecular flexibility index (Phi) is 4.36. The van der Waals surface area contributed by atoms with Gasteiger partial charge in [-0.25, -0.2) is 4.98 Å². The van der Waals surface area contributed by atoms with E-state index in [1.807, 2.05) is 0 Å². The fourth-order valence-corrected chi connectivity index (χ4v) is 2.77. The summed E-state index contributed by atoms with van der Waals surface area (Å²) in [7, 11) is 0. The number of hydrogen-bond donors (Lipinski definition) is 1. The topological polar surface area (TPSA) is 54.0 Å². The predicted molar refractivity (Wildman–Crippen MR) is 77.5 cm³/mol. The molecule has 0 spiro atoms. The zero-order valence-corrected chi connectivity index (χ0v) is 12.6. The lowest BCUT2D eigenvalue weighted by Gasteiger charge is -2.31. The van der Waals surface area contributed by atoms with E-state index in [2.05, 4.69) is 33.9 Å². The Morgan fingerprint density at radius 3 is 2.80 bits per heavy atom. The van der Waals surface area contributed by atoms with E-state index in [9.17, 15) is 0 Å². The molecule has 20 heavy (non-hydrogen) atoms. The molecule has 0 aromatic carbocycles. The van der Waals surface area contributed by atoms with Crippen molar-refractivity contribution in [3.8, 4) is 0 Å². The lowest BCUT2D eigenvalue weighted by Crippen LogP contribution is -2.39. The van der Waals surface area contributed by atoms with Crippen LogP contribution in [0.1, 0.15) is 63.5 Å². The molecule has 1 saturated carbocycles. The molecule has 0 radical (unpaired) electrons. The fraction of sp³-hybridized carbons (Fsp3) is 0.867. The normalized spacial score (nSPS) is 23.7. The number of rotatable bonds is 6. The first-order valence-corrected chi connectivity index (χ1v) is 7.99. The summed E-state index contributed by atoms with van der Waals surface area (Å²) >= 11 is 0. The minimum atomic E-state index is 0.386. The summed E-state index contributed by atoms with van der Waals surface area (Å²) in [6.07, 6.45) is 6.59. The number of nitrogens with zero attached hydrogens (tertiary/aromatic N) is 3. The van der Waals surface area contributed by atoms with Crippen molar-refractivity contribution in [2.45, 2.75) is 70.6 Å². The maximum Gasteiger partial charge on any atom is 0.153 e. The molecule has 112 valence electrons. The van der Waals surface area contributed by atoms with Crippen LogP contribution in [-0.4, -0.2) is 45.4 Å². The van der Waals surface area contributed by atoms with E-state index < -0.39 is 0 Å². The largest absolute Gasteiger partial charge is 0.377 e. The molecule has 2 fully saturated rings. The molecule has 5 nitrogen and oxygen atoms in total. The standard InChI is InChI=1S/C15H26N4O/c1-11(2)19(9-13-5-3-4-8-20-13)10-14-16-15(18-17-14)12-6-7-12/h11-13H,3-10H2,1-2H3,(H,16,17,18). The second-order valence-electron chi connectivity index (χ2n) is 6.43. The highest BCUT2D eigenvalue weighted by atomic mass is 16.5. The SMILES string of the molecule is CC(C)N(Cc1nc(C2CC2)n[nH]1)CC1CCCCO1. The summed E-state index contributed by atoms with van der Waals surface area (Å²) < 4.78 is 5.86. The van der Waals surface area contributed by atoms with Gasteiger partial charge in [-0.3, -0.25) is 10.00 Å². The van der Waals surface area contributed by atoms with Crippen LogP contribution in [0.4, 0.5) is 0 Å². The molecule has 1 aliphatic carbocycles. The Balaban J connectivity index is 1.57. The van der Waals surface area contributed by atoms with Crippen molar-refractivity contribution >= 4 is 0 Å². The monoisotopic (exact) mass is 278 g/mol. The van der Waals surface area contributed by atoms with Gasteiger partial charge in [0.2, 0.25) is 0 Å². The van der Waals surface area contributed by atoms with E-state index in [1.54, 1.807) is 0 Å². The van der Waals surface area contributed by atoms with E-state index in [1.165, 1.54) is 32.1 Å². The Labute approximate surface area is 121 Å². The summed E-state index contributed by atoms with van der Waals surface area (Å²) in [5.74, 6) is 2.63. The summed E-state index contributed by atoms with van der Waals surface area (Å²) in [5, 5.41) is 7.45. The van der Waals surface area contributed by atoms with Gasteiger partial charge < -0.3 is 4.74 Å². The predicted octanol–water partition coefficient (Wildman–Crippen LogP) is 2.46. The van der Waals surface area contributed by atoms with Crippen molar-refractivity contribution in [3.05, 3.63) is 11.6 Å². The molecule has 2 aliphatic rings. The maximum absolute atomic E-state index is 5.86. The maximum atomic E-state index is 5.86. The Hall–Kier alpha value is -0.940. The van der Waals surface area contributed by atoms with Crippen molar-refractivity contribution < 1.29 is 4.74 Å². The molecule has 1 atom stereocenters. The van der Waals surface area contributed by atoms with Gasteiger partial charge >= 0.3 is 0 Å². The highest BCUT2D eigenvalue weighted by Crippen LogP contribution is 2.37. The van der Waals surface area contributed by atoms with Gasteiger partial charge in [0.05, 0.1) is 12.6 Å². The quantitative estimate of drug-likeness (QED) is 0.868. The summed E-state index contributed by atoms with van der Waals surface area (Å²) in [5.41, 5.74) is 0. The molecular formula is C15H26N4O. The third-order valence-electron chi connectivity index (χ3n) is 4.29. The van der Waals surface area contributed by atoms with E-state index in [-0.39, 0.29) is 0 Å². The summed E-state index contributed by atoms with van der Waals surface area (Å²) in [4.78, 5) is 7.08. The summed E-state index contributed by atoms with van der Waals surface area (Å²) in [6, 6.07) is 0.495. The van der Waals surface area contributed by atoms with E-state index in [0.717, 1.165) is 31.3 Å².